The number of nitrogens with one attached hydrogen (secondary N) is 1. The number of nitrogens with two attached hydrogens (primary N) is 1. The SMILES string of the molecule is CC(O)C(N)CNc1nccc2occc12. The van der Waals surface area contributed by atoms with E-state index in [-0.39, 0.29) is 6.04 Å². The molecule has 2 atom stereocenters. The summed E-state index contributed by atoms with van der Waals surface area (Å²) in [5, 5.41) is 13.3. The summed E-state index contributed by atoms with van der Waals surface area (Å²) in [6.45, 7) is 2.13. The van der Waals surface area contributed by atoms with Crippen LogP contribution in [0.3, 0.4) is 0 Å². The van der Waals surface area contributed by atoms with E-state index in [2.05, 4.69) is 10.3 Å². The Morgan fingerprint density at radius 2 is 2.38 bits per heavy atom. The van der Waals surface area contributed by atoms with Crippen molar-refractivity contribution in [3.8, 4) is 0 Å². The van der Waals surface area contributed by atoms with E-state index in [1.165, 1.54) is 0 Å². The molecule has 0 fully saturated rings. The molecule has 0 aliphatic carbocycles. The molecule has 0 radical (unpaired) electrons. The van der Waals surface area contributed by atoms with E-state index >= 15 is 0 Å². The molecule has 2 rings (SSSR count). The van der Waals surface area contributed by atoms with E-state index in [9.17, 15) is 5.11 Å². The van der Waals surface area contributed by atoms with Gasteiger partial charge in [0.1, 0.15) is 11.4 Å². The predicted octanol–water partition coefficient (Wildman–Crippen LogP) is 0.948. The summed E-state index contributed by atoms with van der Waals surface area (Å²) in [4.78, 5) is 4.20. The molecule has 2 unspecified atom stereocenters. The smallest absolute Gasteiger partial charge is 0.139 e. The number of nitrogens with zero attached hydrogens (tertiary/aromatic N) is 1. The highest BCUT2D eigenvalue weighted by Gasteiger charge is 2.10. The van der Waals surface area contributed by atoms with Crippen molar-refractivity contribution in [2.24, 2.45) is 5.73 Å². The van der Waals surface area contributed by atoms with Crippen molar-refractivity contribution in [1.29, 1.82) is 0 Å². The zero-order chi connectivity index (χ0) is 11.5. The Kier molecular flexibility index (Phi) is 3.07. The number of aromatic nitrogens is 1. The number of hydrogen-bond donors (Lipinski definition) is 3. The summed E-state index contributed by atoms with van der Waals surface area (Å²) >= 11 is 0. The van der Waals surface area contributed by atoms with Gasteiger partial charge in [-0.05, 0) is 19.1 Å². The molecule has 4 N–H and O–H groups in total. The summed E-state index contributed by atoms with van der Waals surface area (Å²) in [5.41, 5.74) is 6.50. The van der Waals surface area contributed by atoms with Crippen LogP contribution in [0.4, 0.5) is 5.82 Å². The van der Waals surface area contributed by atoms with Gasteiger partial charge in [0.2, 0.25) is 0 Å². The highest BCUT2D eigenvalue weighted by atomic mass is 16.3. The van der Waals surface area contributed by atoms with Crippen molar-refractivity contribution >= 4 is 16.8 Å². The molecule has 0 aliphatic heterocycles. The number of hydrogen-bond acceptors (Lipinski definition) is 5. The van der Waals surface area contributed by atoms with Gasteiger partial charge >= 0.3 is 0 Å². The van der Waals surface area contributed by atoms with E-state index in [1.54, 1.807) is 25.5 Å². The van der Waals surface area contributed by atoms with Crippen molar-refractivity contribution in [1.82, 2.24) is 4.98 Å². The fourth-order valence-corrected chi connectivity index (χ4v) is 1.42. The Balaban J connectivity index is 2.12. The summed E-state index contributed by atoms with van der Waals surface area (Å²) in [6, 6.07) is 3.33. The minimum absolute atomic E-state index is 0.316. The third kappa shape index (κ3) is 2.15. The topological polar surface area (TPSA) is 84.3 Å². The molecule has 0 aromatic carbocycles. The molecule has 2 heterocycles. The number of aliphatic hydroxyl groups excluding tert-OH is 1. The monoisotopic (exact) mass is 221 g/mol. The van der Waals surface area contributed by atoms with Crippen LogP contribution in [0.1, 0.15) is 6.92 Å². The van der Waals surface area contributed by atoms with Crippen LogP contribution in [0.15, 0.2) is 29.0 Å². The van der Waals surface area contributed by atoms with Crippen LogP contribution in [0.2, 0.25) is 0 Å². The Morgan fingerprint density at radius 1 is 1.56 bits per heavy atom. The lowest BCUT2D eigenvalue weighted by Crippen LogP contribution is -2.38. The molecule has 2 aromatic heterocycles. The maximum Gasteiger partial charge on any atom is 0.139 e. The van der Waals surface area contributed by atoms with Crippen LogP contribution in [0.25, 0.3) is 11.0 Å². The number of rotatable bonds is 4. The molecular weight excluding hydrogens is 206 g/mol. The van der Waals surface area contributed by atoms with Gasteiger partial charge in [0.05, 0.1) is 17.8 Å². The van der Waals surface area contributed by atoms with Crippen molar-refractivity contribution in [3.63, 3.8) is 0 Å². The fourth-order valence-electron chi connectivity index (χ4n) is 1.42. The Labute approximate surface area is 93.3 Å². The second-order valence-corrected chi connectivity index (χ2v) is 3.78. The minimum atomic E-state index is -0.545. The first-order valence-electron chi connectivity index (χ1n) is 5.18. The zero-order valence-electron chi connectivity index (χ0n) is 9.05. The minimum Gasteiger partial charge on any atom is -0.464 e. The molecule has 0 aliphatic rings. The molecule has 2 aromatic rings. The van der Waals surface area contributed by atoms with Gasteiger partial charge in [-0.3, -0.25) is 0 Å². The molecule has 0 spiro atoms. The summed E-state index contributed by atoms with van der Waals surface area (Å²) < 4.78 is 5.25. The van der Waals surface area contributed by atoms with Gasteiger partial charge in [0, 0.05) is 18.8 Å². The molecule has 5 nitrogen and oxygen atoms in total. The van der Waals surface area contributed by atoms with E-state index in [1.807, 2.05) is 6.07 Å². The summed E-state index contributed by atoms with van der Waals surface area (Å²) in [6.07, 6.45) is 2.74. The lowest BCUT2D eigenvalue weighted by atomic mass is 10.2. The Hall–Kier alpha value is -1.59. The predicted molar refractivity (Wildman–Crippen MR) is 62.2 cm³/mol. The maximum atomic E-state index is 9.27. The third-order valence-corrected chi connectivity index (χ3v) is 2.50. The van der Waals surface area contributed by atoms with Crippen molar-refractivity contribution in [2.75, 3.05) is 11.9 Å². The number of pyridine rings is 1. The highest BCUT2D eigenvalue weighted by molar-refractivity contribution is 5.87. The normalized spacial score (nSPS) is 14.9. The molecule has 5 heteroatoms. The zero-order valence-corrected chi connectivity index (χ0v) is 9.05. The third-order valence-electron chi connectivity index (χ3n) is 2.50. The molecule has 16 heavy (non-hydrogen) atoms. The lowest BCUT2D eigenvalue weighted by molar-refractivity contribution is 0.168. The molecule has 0 saturated carbocycles. The van der Waals surface area contributed by atoms with Crippen LogP contribution < -0.4 is 11.1 Å². The second-order valence-electron chi connectivity index (χ2n) is 3.78. The molecule has 0 amide bonds. The van der Waals surface area contributed by atoms with E-state index in [0.717, 1.165) is 16.8 Å². The standard InChI is InChI=1S/C11H15N3O2/c1-7(15)9(12)6-14-11-8-3-5-16-10(8)2-4-13-11/h2-5,7,9,15H,6,12H2,1H3,(H,13,14). The van der Waals surface area contributed by atoms with Crippen molar-refractivity contribution in [3.05, 3.63) is 24.6 Å². The largest absolute Gasteiger partial charge is 0.464 e. The summed E-state index contributed by atoms with van der Waals surface area (Å²) in [5.74, 6) is 0.724. The van der Waals surface area contributed by atoms with E-state index in [0.29, 0.717) is 6.54 Å². The number of fused-ring (bicyclic) bond motifs is 1. The molecule has 0 saturated heterocycles. The Bertz CT molecular complexity index is 467. The van der Waals surface area contributed by atoms with Crippen LogP contribution >= 0.6 is 0 Å². The van der Waals surface area contributed by atoms with Gasteiger partial charge in [-0.1, -0.05) is 0 Å². The number of anilines is 1. The first-order valence-corrected chi connectivity index (χ1v) is 5.18. The maximum absolute atomic E-state index is 9.27. The number of aliphatic hydroxyl groups is 1. The Morgan fingerprint density at radius 3 is 3.12 bits per heavy atom. The van der Waals surface area contributed by atoms with Gasteiger partial charge in [0.15, 0.2) is 0 Å². The van der Waals surface area contributed by atoms with E-state index in [4.69, 9.17) is 10.2 Å². The molecular formula is C11H15N3O2. The highest BCUT2D eigenvalue weighted by Crippen LogP contribution is 2.21. The average Bonchev–Trinajstić information content (AvgIpc) is 2.73. The van der Waals surface area contributed by atoms with Crippen molar-refractivity contribution in [2.45, 2.75) is 19.1 Å². The number of furan rings is 1. The average molecular weight is 221 g/mol. The fraction of sp³-hybridized carbons (Fsp3) is 0.364. The van der Waals surface area contributed by atoms with Crippen LogP contribution in [-0.4, -0.2) is 28.8 Å². The molecule has 0 bridgehead atoms. The first-order chi connectivity index (χ1) is 7.68. The van der Waals surface area contributed by atoms with Crippen LogP contribution in [-0.2, 0) is 0 Å². The van der Waals surface area contributed by atoms with Gasteiger partial charge in [-0.15, -0.1) is 0 Å². The lowest BCUT2D eigenvalue weighted by Gasteiger charge is -2.15. The molecule has 86 valence electrons. The second kappa shape index (κ2) is 4.51. The van der Waals surface area contributed by atoms with Gasteiger partial charge in [-0.25, -0.2) is 4.98 Å². The van der Waals surface area contributed by atoms with Gasteiger partial charge < -0.3 is 20.6 Å². The first kappa shape index (κ1) is 10.9. The summed E-state index contributed by atoms with van der Waals surface area (Å²) in [7, 11) is 0. The van der Waals surface area contributed by atoms with Crippen LogP contribution in [0, 0.1) is 0 Å². The van der Waals surface area contributed by atoms with Crippen LogP contribution in [0.5, 0.6) is 0 Å². The quantitative estimate of drug-likeness (QED) is 0.715. The van der Waals surface area contributed by atoms with Gasteiger partial charge in [0.25, 0.3) is 0 Å². The van der Waals surface area contributed by atoms with Gasteiger partial charge in [-0.2, -0.15) is 0 Å². The van der Waals surface area contributed by atoms with E-state index < -0.39 is 6.10 Å². The van der Waals surface area contributed by atoms with Crippen molar-refractivity contribution < 1.29 is 9.52 Å².